The van der Waals surface area contributed by atoms with E-state index in [1.807, 2.05) is 34.6 Å². The molecule has 2 rings (SSSR count). The van der Waals surface area contributed by atoms with E-state index in [0.29, 0.717) is 24.5 Å². The highest BCUT2D eigenvalue weighted by molar-refractivity contribution is 7.86. The van der Waals surface area contributed by atoms with Crippen molar-refractivity contribution in [2.45, 2.75) is 44.8 Å². The van der Waals surface area contributed by atoms with Crippen molar-refractivity contribution in [2.24, 2.45) is 0 Å². The minimum absolute atomic E-state index is 0.122. The molecular weight excluding hydrogens is 300 g/mol. The maximum absolute atomic E-state index is 12.3. The lowest BCUT2D eigenvalue weighted by atomic mass is 9.96. The van der Waals surface area contributed by atoms with E-state index in [9.17, 15) is 9.00 Å². The number of rotatable bonds is 1. The molecule has 1 aromatic rings. The van der Waals surface area contributed by atoms with Crippen molar-refractivity contribution in [2.75, 3.05) is 24.2 Å². The highest BCUT2D eigenvalue weighted by atomic mass is 32.2. The fraction of sp³-hybridized carbons (Fsp3) is 0.667. The Balaban J connectivity index is 2.02. The Hall–Kier alpha value is -1.50. The third kappa shape index (κ3) is 3.82. The molecule has 7 heteroatoms. The number of amides is 2. The van der Waals surface area contributed by atoms with E-state index in [1.165, 1.54) is 0 Å². The van der Waals surface area contributed by atoms with Crippen molar-refractivity contribution in [1.82, 2.24) is 14.9 Å². The molecule has 1 atom stereocenters. The third-order valence-corrected chi connectivity index (χ3v) is 5.51. The highest BCUT2D eigenvalue weighted by Gasteiger charge is 2.35. The Bertz CT molecular complexity index is 578. The smallest absolute Gasteiger partial charge is 0.322 e. The topological polar surface area (TPSA) is 75.2 Å². The molecule has 0 spiro atoms. The van der Waals surface area contributed by atoms with Gasteiger partial charge in [-0.05, 0) is 13.8 Å². The van der Waals surface area contributed by atoms with Crippen LogP contribution in [0.15, 0.2) is 12.4 Å². The quantitative estimate of drug-likeness (QED) is 0.859. The van der Waals surface area contributed by atoms with Crippen molar-refractivity contribution in [3.63, 3.8) is 0 Å². The average molecular weight is 324 g/mol. The lowest BCUT2D eigenvalue weighted by Crippen LogP contribution is -2.53. The summed E-state index contributed by atoms with van der Waals surface area (Å²) in [6, 6.07) is -0.197. The zero-order chi connectivity index (χ0) is 16.5. The van der Waals surface area contributed by atoms with Crippen molar-refractivity contribution in [1.29, 1.82) is 0 Å². The summed E-state index contributed by atoms with van der Waals surface area (Å²) in [4.78, 5) is 22.6. The minimum atomic E-state index is -0.894. The van der Waals surface area contributed by atoms with E-state index in [1.54, 1.807) is 17.3 Å². The van der Waals surface area contributed by atoms with Gasteiger partial charge in [-0.25, -0.2) is 14.8 Å². The van der Waals surface area contributed by atoms with Gasteiger partial charge in [0.15, 0.2) is 0 Å². The third-order valence-electron chi connectivity index (χ3n) is 3.60. The van der Waals surface area contributed by atoms with E-state index in [0.717, 1.165) is 5.82 Å². The molecule has 0 aromatic carbocycles. The number of hydrogen-bond donors (Lipinski definition) is 1. The number of nitrogens with zero attached hydrogens (tertiary/aromatic N) is 3. The summed E-state index contributed by atoms with van der Waals surface area (Å²) in [5.41, 5.74) is 0.450. The van der Waals surface area contributed by atoms with E-state index >= 15 is 0 Å². The molecule has 1 N–H and O–H groups in total. The van der Waals surface area contributed by atoms with Crippen LogP contribution in [0, 0.1) is 0 Å². The lowest BCUT2D eigenvalue weighted by molar-refractivity contribution is 0.207. The maximum Gasteiger partial charge on any atom is 0.322 e. The van der Waals surface area contributed by atoms with E-state index in [-0.39, 0.29) is 16.2 Å². The molecule has 1 aromatic heterocycles. The van der Waals surface area contributed by atoms with Crippen LogP contribution in [0.5, 0.6) is 0 Å². The van der Waals surface area contributed by atoms with Crippen molar-refractivity contribution in [3.05, 3.63) is 18.2 Å². The predicted octanol–water partition coefficient (Wildman–Crippen LogP) is 2.15. The summed E-state index contributed by atoms with van der Waals surface area (Å²) in [5, 5.41) is 2.81. The molecule has 1 aliphatic heterocycles. The number of nitrogens with one attached hydrogen (secondary N) is 1. The van der Waals surface area contributed by atoms with E-state index < -0.39 is 10.8 Å². The molecule has 22 heavy (non-hydrogen) atoms. The van der Waals surface area contributed by atoms with Crippen LogP contribution in [-0.2, 0) is 16.2 Å². The first-order valence-corrected chi connectivity index (χ1v) is 8.68. The van der Waals surface area contributed by atoms with Crippen LogP contribution in [0.1, 0.15) is 40.4 Å². The molecule has 0 saturated carbocycles. The van der Waals surface area contributed by atoms with Crippen molar-refractivity contribution in [3.8, 4) is 0 Å². The first kappa shape index (κ1) is 16.9. The molecule has 0 bridgehead atoms. The first-order chi connectivity index (χ1) is 10.1. The molecule has 1 unspecified atom stereocenters. The zero-order valence-corrected chi connectivity index (χ0v) is 14.7. The van der Waals surface area contributed by atoms with Gasteiger partial charge in [-0.3, -0.25) is 4.21 Å². The molecule has 122 valence electrons. The number of carbonyl (C=O) groups excluding carboxylic acids is 1. The van der Waals surface area contributed by atoms with Gasteiger partial charge in [0.2, 0.25) is 0 Å². The summed E-state index contributed by atoms with van der Waals surface area (Å²) >= 11 is 0. The first-order valence-electron chi connectivity index (χ1n) is 7.36. The summed E-state index contributed by atoms with van der Waals surface area (Å²) in [5.74, 6) is 1.25. The van der Waals surface area contributed by atoms with Gasteiger partial charge in [0, 0.05) is 35.1 Å². The lowest BCUT2D eigenvalue weighted by Gasteiger charge is -2.37. The highest BCUT2D eigenvalue weighted by Crippen LogP contribution is 2.21. The van der Waals surface area contributed by atoms with E-state index in [4.69, 9.17) is 0 Å². The van der Waals surface area contributed by atoms with E-state index in [2.05, 4.69) is 15.3 Å². The van der Waals surface area contributed by atoms with Crippen LogP contribution in [-0.4, -0.2) is 48.7 Å². The fourth-order valence-corrected chi connectivity index (χ4v) is 3.47. The van der Waals surface area contributed by atoms with Gasteiger partial charge in [-0.2, -0.15) is 0 Å². The van der Waals surface area contributed by atoms with Gasteiger partial charge in [-0.1, -0.05) is 20.8 Å². The number of hydrogen-bond acceptors (Lipinski definition) is 4. The Kier molecular flexibility index (Phi) is 4.56. The molecular formula is C15H24N4O2S. The van der Waals surface area contributed by atoms with Gasteiger partial charge >= 0.3 is 6.03 Å². The molecule has 2 heterocycles. The zero-order valence-electron chi connectivity index (χ0n) is 13.8. The summed E-state index contributed by atoms with van der Waals surface area (Å²) in [7, 11) is -0.894. The van der Waals surface area contributed by atoms with Gasteiger partial charge in [-0.15, -0.1) is 0 Å². The molecule has 0 radical (unpaired) electrons. The largest absolute Gasteiger partial charge is 0.322 e. The normalized spacial score (nSPS) is 21.5. The summed E-state index contributed by atoms with van der Waals surface area (Å²) in [6.07, 6.45) is 3.25. The molecule has 1 fully saturated rings. The molecule has 0 aliphatic carbocycles. The summed E-state index contributed by atoms with van der Waals surface area (Å²) < 4.78 is 11.5. The van der Waals surface area contributed by atoms with Gasteiger partial charge in [0.05, 0.1) is 22.8 Å². The number of carbonyl (C=O) groups is 1. The average Bonchev–Trinajstić information content (AvgIpc) is 2.41. The molecule has 6 nitrogen and oxygen atoms in total. The fourth-order valence-electron chi connectivity index (χ4n) is 2.24. The van der Waals surface area contributed by atoms with Crippen molar-refractivity contribution >= 4 is 22.5 Å². The minimum Gasteiger partial charge on any atom is -0.322 e. The maximum atomic E-state index is 12.3. The number of urea groups is 1. The SMILES string of the molecule is CC(C)(C)c1ncc(NC(=O)N2CCS(=O)C(C)(C)C2)cn1. The number of aromatic nitrogens is 2. The van der Waals surface area contributed by atoms with Gasteiger partial charge in [0.1, 0.15) is 5.82 Å². The number of anilines is 1. The van der Waals surface area contributed by atoms with Crippen LogP contribution in [0.25, 0.3) is 0 Å². The summed E-state index contributed by atoms with van der Waals surface area (Å²) in [6.45, 7) is 10.9. The Morgan fingerprint density at radius 3 is 2.41 bits per heavy atom. The van der Waals surface area contributed by atoms with Crippen LogP contribution in [0.2, 0.25) is 0 Å². The van der Waals surface area contributed by atoms with Crippen LogP contribution >= 0.6 is 0 Å². The standard InChI is InChI=1S/C15H24N4O2S/c1-14(2,3)12-16-8-11(9-17-12)18-13(20)19-6-7-22(21)15(4,5)10-19/h8-9H,6-7,10H2,1-5H3,(H,18,20). The monoisotopic (exact) mass is 324 g/mol. The second-order valence-electron chi connectivity index (χ2n) is 7.21. The van der Waals surface area contributed by atoms with Crippen LogP contribution in [0.3, 0.4) is 0 Å². The van der Waals surface area contributed by atoms with Crippen molar-refractivity contribution < 1.29 is 9.00 Å². The molecule has 1 saturated heterocycles. The van der Waals surface area contributed by atoms with Crippen LogP contribution in [0.4, 0.5) is 10.5 Å². The van der Waals surface area contributed by atoms with Gasteiger partial charge in [0.25, 0.3) is 0 Å². The second-order valence-corrected chi connectivity index (χ2v) is 9.41. The Morgan fingerprint density at radius 1 is 1.32 bits per heavy atom. The second kappa shape index (κ2) is 5.95. The van der Waals surface area contributed by atoms with Crippen LogP contribution < -0.4 is 5.32 Å². The van der Waals surface area contributed by atoms with Gasteiger partial charge < -0.3 is 10.2 Å². The predicted molar refractivity (Wildman–Crippen MR) is 88.4 cm³/mol. The Morgan fingerprint density at radius 2 is 1.91 bits per heavy atom. The molecule has 1 aliphatic rings. The Labute approximate surface area is 134 Å². The molecule has 2 amide bonds.